The van der Waals surface area contributed by atoms with Gasteiger partial charge in [0, 0.05) is 5.56 Å². The van der Waals surface area contributed by atoms with Crippen LogP contribution in [0.1, 0.15) is 17.5 Å². The minimum atomic E-state index is -1.07. The Hall–Kier alpha value is -3.11. The number of carbonyl (C=O) groups is 2. The largest absolute Gasteiger partial charge is 0.493 e. The van der Waals surface area contributed by atoms with E-state index >= 15 is 0 Å². The van der Waals surface area contributed by atoms with Gasteiger partial charge in [0.15, 0.2) is 16.7 Å². The van der Waals surface area contributed by atoms with Crippen molar-refractivity contribution >= 4 is 46.6 Å². The molecular weight excluding hydrogens is 449 g/mol. The van der Waals surface area contributed by atoms with Crippen LogP contribution in [0.3, 0.4) is 0 Å². The number of thioether (sulfide) groups is 1. The first-order valence-electron chi connectivity index (χ1n) is 8.91. The van der Waals surface area contributed by atoms with Crippen molar-refractivity contribution in [2.24, 2.45) is 10.2 Å². The molecule has 2 N–H and O–H groups in total. The molecule has 1 heterocycles. The first-order chi connectivity index (χ1) is 14.9. The van der Waals surface area contributed by atoms with E-state index in [0.717, 1.165) is 11.8 Å². The van der Waals surface area contributed by atoms with Gasteiger partial charge in [-0.1, -0.05) is 29.4 Å². The van der Waals surface area contributed by atoms with Crippen molar-refractivity contribution in [3.63, 3.8) is 0 Å². The quantitative estimate of drug-likeness (QED) is 0.456. The molecule has 1 saturated heterocycles. The number of halogens is 2. The van der Waals surface area contributed by atoms with Crippen molar-refractivity contribution in [1.29, 1.82) is 0 Å². The van der Waals surface area contributed by atoms with Crippen molar-refractivity contribution in [2.75, 3.05) is 7.11 Å². The monoisotopic (exact) mass is 465 g/mol. The van der Waals surface area contributed by atoms with Gasteiger partial charge in [0.2, 0.25) is 5.91 Å². The molecule has 8 nitrogen and oxygen atoms in total. The Kier molecular flexibility index (Phi) is 7.48. The van der Waals surface area contributed by atoms with E-state index in [0.29, 0.717) is 17.1 Å². The summed E-state index contributed by atoms with van der Waals surface area (Å²) in [6.45, 7) is -0.0988. The molecule has 11 heteroatoms. The molecule has 0 aliphatic carbocycles. The van der Waals surface area contributed by atoms with Crippen LogP contribution in [0.4, 0.5) is 4.39 Å². The molecule has 0 bridgehead atoms. The third-order valence-corrected chi connectivity index (χ3v) is 5.54. The molecule has 1 aliphatic rings. The molecule has 1 unspecified atom stereocenters. The second-order valence-electron chi connectivity index (χ2n) is 6.24. The minimum absolute atomic E-state index is 0.0988. The van der Waals surface area contributed by atoms with Gasteiger partial charge >= 0.3 is 5.97 Å². The second kappa shape index (κ2) is 10.3. The number of carbonyl (C=O) groups excluding carboxylic acids is 1. The molecule has 0 saturated carbocycles. The summed E-state index contributed by atoms with van der Waals surface area (Å²) >= 11 is 7.03. The van der Waals surface area contributed by atoms with Crippen LogP contribution < -0.4 is 14.8 Å². The molecule has 0 spiro atoms. The molecule has 3 rings (SSSR count). The average molecular weight is 466 g/mol. The Morgan fingerprint density at radius 2 is 2.16 bits per heavy atom. The van der Waals surface area contributed by atoms with Crippen LogP contribution in [0.5, 0.6) is 11.5 Å². The van der Waals surface area contributed by atoms with E-state index in [1.54, 1.807) is 24.3 Å². The van der Waals surface area contributed by atoms with Gasteiger partial charge in [-0.25, -0.2) is 4.39 Å². The number of amides is 1. The van der Waals surface area contributed by atoms with Crippen LogP contribution in [0, 0.1) is 5.82 Å². The molecule has 1 atom stereocenters. The molecule has 2 aromatic carbocycles. The molecule has 31 heavy (non-hydrogen) atoms. The zero-order valence-electron chi connectivity index (χ0n) is 16.2. The van der Waals surface area contributed by atoms with Crippen molar-refractivity contribution in [1.82, 2.24) is 5.32 Å². The summed E-state index contributed by atoms with van der Waals surface area (Å²) in [5, 5.41) is 18.8. The van der Waals surface area contributed by atoms with Crippen LogP contribution >= 0.6 is 23.4 Å². The van der Waals surface area contributed by atoms with Gasteiger partial charge in [-0.15, -0.1) is 5.10 Å². The van der Waals surface area contributed by atoms with Gasteiger partial charge in [-0.05, 0) is 35.9 Å². The number of aliphatic carboxylic acids is 1. The van der Waals surface area contributed by atoms with Crippen LogP contribution in [-0.4, -0.2) is 40.7 Å². The predicted molar refractivity (Wildman–Crippen MR) is 116 cm³/mol. The molecule has 0 aromatic heterocycles. The van der Waals surface area contributed by atoms with Crippen LogP contribution in [0.15, 0.2) is 46.6 Å². The highest BCUT2D eigenvalue weighted by Gasteiger charge is 2.32. The first kappa shape index (κ1) is 22.6. The van der Waals surface area contributed by atoms with E-state index in [1.165, 1.54) is 25.5 Å². The fourth-order valence-electron chi connectivity index (χ4n) is 2.60. The number of hydrogen-bond acceptors (Lipinski definition) is 7. The number of nitrogens with zero attached hydrogens (tertiary/aromatic N) is 2. The highest BCUT2D eigenvalue weighted by Crippen LogP contribution is 2.30. The number of rotatable bonds is 8. The molecule has 0 radical (unpaired) electrons. The Labute approximate surface area is 186 Å². The van der Waals surface area contributed by atoms with Crippen molar-refractivity contribution in [3.05, 3.63) is 58.4 Å². The third-order valence-electron chi connectivity index (χ3n) is 4.11. The Bertz CT molecular complexity index is 1040. The van der Waals surface area contributed by atoms with Gasteiger partial charge in [-0.3, -0.25) is 9.59 Å². The number of carboxylic acids is 1. The van der Waals surface area contributed by atoms with Crippen molar-refractivity contribution in [2.45, 2.75) is 18.3 Å². The minimum Gasteiger partial charge on any atom is -0.493 e. The van der Waals surface area contributed by atoms with Crippen LogP contribution in [-0.2, 0) is 16.2 Å². The van der Waals surface area contributed by atoms with Crippen molar-refractivity contribution < 1.29 is 28.6 Å². The van der Waals surface area contributed by atoms with Crippen LogP contribution in [0.2, 0.25) is 5.02 Å². The second-order valence-corrected chi connectivity index (χ2v) is 7.84. The summed E-state index contributed by atoms with van der Waals surface area (Å²) in [6, 6.07) is 9.37. The lowest BCUT2D eigenvalue weighted by atomic mass is 10.2. The summed E-state index contributed by atoms with van der Waals surface area (Å²) in [7, 11) is 1.48. The standard InChI is InChI=1S/C20H17ClFN3O5S/c1-29-15-6-5-11(7-16(15)30-10-12-13(21)3-2-4-14(12)22)9-23-25-20-24-19(28)17(31-20)8-18(26)27/h2-7,9,17H,8,10H2,1H3,(H,26,27)(H,24,25,28). The summed E-state index contributed by atoms with van der Waals surface area (Å²) < 4.78 is 24.9. The van der Waals surface area contributed by atoms with E-state index in [4.69, 9.17) is 26.2 Å². The van der Waals surface area contributed by atoms with E-state index in [-0.39, 0.29) is 28.8 Å². The smallest absolute Gasteiger partial charge is 0.305 e. The highest BCUT2D eigenvalue weighted by molar-refractivity contribution is 8.15. The SMILES string of the molecule is COc1ccc(C=NN=C2NC(=O)C(CC(=O)O)S2)cc1OCc1c(F)cccc1Cl. The average Bonchev–Trinajstić information content (AvgIpc) is 3.06. The normalized spacial score (nSPS) is 17.2. The lowest BCUT2D eigenvalue weighted by molar-refractivity contribution is -0.138. The number of nitrogens with one attached hydrogen (secondary N) is 1. The zero-order valence-corrected chi connectivity index (χ0v) is 17.7. The number of carboxylic acid groups (broad SMARTS) is 1. The predicted octanol–water partition coefficient (Wildman–Crippen LogP) is 3.46. The first-order valence-corrected chi connectivity index (χ1v) is 10.2. The number of amidine groups is 1. The van der Waals surface area contributed by atoms with Gasteiger partial charge < -0.3 is 19.9 Å². The maximum atomic E-state index is 14.0. The summed E-state index contributed by atoms with van der Waals surface area (Å²) in [5.74, 6) is -1.18. The lowest BCUT2D eigenvalue weighted by Crippen LogP contribution is -2.26. The molecule has 1 aliphatic heterocycles. The Morgan fingerprint density at radius 1 is 1.35 bits per heavy atom. The third kappa shape index (κ3) is 5.96. The number of ether oxygens (including phenoxy) is 2. The van der Waals surface area contributed by atoms with E-state index in [2.05, 4.69) is 15.5 Å². The zero-order chi connectivity index (χ0) is 22.4. The van der Waals surface area contributed by atoms with E-state index in [9.17, 15) is 14.0 Å². The summed E-state index contributed by atoms with van der Waals surface area (Å²) in [4.78, 5) is 22.5. The van der Waals surface area contributed by atoms with Gasteiger partial charge in [0.05, 0.1) is 24.8 Å². The van der Waals surface area contributed by atoms with Crippen molar-refractivity contribution in [3.8, 4) is 11.5 Å². The molecule has 2 aromatic rings. The number of benzene rings is 2. The summed E-state index contributed by atoms with van der Waals surface area (Å²) in [6.07, 6.45) is 1.12. The topological polar surface area (TPSA) is 110 Å². The number of hydrogen-bond donors (Lipinski definition) is 2. The lowest BCUT2D eigenvalue weighted by Gasteiger charge is -2.12. The van der Waals surface area contributed by atoms with E-state index in [1.807, 2.05) is 0 Å². The van der Waals surface area contributed by atoms with Crippen LogP contribution in [0.25, 0.3) is 0 Å². The molecule has 1 amide bonds. The maximum absolute atomic E-state index is 14.0. The molecule has 1 fully saturated rings. The Balaban J connectivity index is 1.70. The van der Waals surface area contributed by atoms with Gasteiger partial charge in [0.25, 0.3) is 0 Å². The Morgan fingerprint density at radius 3 is 2.87 bits per heavy atom. The summed E-state index contributed by atoms with van der Waals surface area (Å²) in [5.41, 5.74) is 0.831. The fourth-order valence-corrected chi connectivity index (χ4v) is 3.73. The number of methoxy groups -OCH3 is 1. The molecular formula is C20H17ClFN3O5S. The van der Waals surface area contributed by atoms with Gasteiger partial charge in [0.1, 0.15) is 17.7 Å². The molecule has 162 valence electrons. The fraction of sp³-hybridized carbons (Fsp3) is 0.200. The van der Waals surface area contributed by atoms with Gasteiger partial charge in [-0.2, -0.15) is 5.10 Å². The highest BCUT2D eigenvalue weighted by atomic mass is 35.5. The maximum Gasteiger partial charge on any atom is 0.305 e. The van der Waals surface area contributed by atoms with E-state index < -0.39 is 22.9 Å².